The molecule has 2 bridgehead atoms. The van der Waals surface area contributed by atoms with Crippen molar-refractivity contribution in [2.75, 3.05) is 11.9 Å². The fraction of sp³-hybridized carbons (Fsp3) is 0.409. The number of oxazole rings is 1. The Bertz CT molecular complexity index is 1050. The smallest absolute Gasteiger partial charge is 0.226 e. The van der Waals surface area contributed by atoms with Crippen LogP contribution >= 0.6 is 0 Å². The minimum Gasteiger partial charge on any atom is -0.507 e. The van der Waals surface area contributed by atoms with Gasteiger partial charge in [0.1, 0.15) is 17.7 Å². The zero-order chi connectivity index (χ0) is 20.8. The highest BCUT2D eigenvalue weighted by molar-refractivity contribution is 5.71. The number of halogens is 1. The molecule has 0 aliphatic carbocycles. The third kappa shape index (κ3) is 3.31. The predicted molar refractivity (Wildman–Crippen MR) is 111 cm³/mol. The predicted octanol–water partition coefficient (Wildman–Crippen LogP) is 3.48. The molecule has 4 atom stereocenters. The number of benzene rings is 1. The number of hydrogen-bond donors (Lipinski definition) is 2. The number of phenolic OH excluding ortho intramolecular Hbond substituents is 1. The van der Waals surface area contributed by atoms with Crippen molar-refractivity contribution in [3.63, 3.8) is 0 Å². The summed E-state index contributed by atoms with van der Waals surface area (Å²) in [7, 11) is 1.87. The molecule has 3 aromatic rings. The molecule has 156 valence electrons. The van der Waals surface area contributed by atoms with Crippen LogP contribution in [0.2, 0.25) is 0 Å². The van der Waals surface area contributed by atoms with Gasteiger partial charge in [-0.1, -0.05) is 0 Å². The third-order valence-corrected chi connectivity index (χ3v) is 6.21. The lowest BCUT2D eigenvalue weighted by Crippen LogP contribution is -2.55. The molecular weight excluding hydrogens is 385 g/mol. The van der Waals surface area contributed by atoms with Crippen molar-refractivity contribution >= 4 is 5.82 Å². The number of aromatic hydroxyl groups is 1. The molecule has 4 heterocycles. The second kappa shape index (κ2) is 7.36. The maximum Gasteiger partial charge on any atom is 0.226 e. The van der Waals surface area contributed by atoms with Crippen LogP contribution in [0, 0.1) is 6.92 Å². The number of anilines is 1. The van der Waals surface area contributed by atoms with Gasteiger partial charge in [0.15, 0.2) is 5.82 Å². The molecule has 0 spiro atoms. The lowest BCUT2D eigenvalue weighted by Gasteiger charge is -2.38. The van der Waals surface area contributed by atoms with Crippen LogP contribution in [0.15, 0.2) is 40.9 Å². The van der Waals surface area contributed by atoms with E-state index >= 15 is 0 Å². The summed E-state index contributed by atoms with van der Waals surface area (Å²) in [4.78, 5) is 6.07. The van der Waals surface area contributed by atoms with Crippen molar-refractivity contribution in [2.45, 2.75) is 50.5 Å². The first-order chi connectivity index (χ1) is 14.5. The van der Waals surface area contributed by atoms with Crippen molar-refractivity contribution in [3.05, 3.63) is 42.3 Å². The number of fused-ring (bicyclic) bond motifs is 2. The Morgan fingerprint density at radius 1 is 1.20 bits per heavy atom. The maximum atomic E-state index is 14.9. The van der Waals surface area contributed by atoms with Crippen LogP contribution < -0.4 is 10.2 Å². The molecule has 5 rings (SSSR count). The Labute approximate surface area is 174 Å². The number of phenols is 1. The lowest BCUT2D eigenvalue weighted by atomic mass is 9.96. The number of aromatic nitrogens is 3. The number of piperidine rings is 1. The average Bonchev–Trinajstić information content (AvgIpc) is 3.37. The van der Waals surface area contributed by atoms with E-state index in [0.29, 0.717) is 40.3 Å². The van der Waals surface area contributed by atoms with E-state index in [4.69, 9.17) is 4.42 Å². The van der Waals surface area contributed by atoms with Gasteiger partial charge in [-0.05, 0) is 56.5 Å². The molecule has 8 heteroatoms. The van der Waals surface area contributed by atoms with Crippen molar-refractivity contribution in [2.24, 2.45) is 0 Å². The van der Waals surface area contributed by atoms with Crippen LogP contribution in [-0.4, -0.2) is 51.6 Å². The van der Waals surface area contributed by atoms with Gasteiger partial charge in [0.2, 0.25) is 5.89 Å². The zero-order valence-corrected chi connectivity index (χ0v) is 16.9. The van der Waals surface area contributed by atoms with Crippen molar-refractivity contribution < 1.29 is 13.9 Å². The summed E-state index contributed by atoms with van der Waals surface area (Å²) in [5.74, 6) is 1.85. The molecule has 2 unspecified atom stereocenters. The molecule has 0 amide bonds. The molecule has 2 aliphatic rings. The minimum atomic E-state index is -0.925. The molecule has 2 fully saturated rings. The average molecular weight is 409 g/mol. The van der Waals surface area contributed by atoms with Gasteiger partial charge in [0, 0.05) is 30.3 Å². The van der Waals surface area contributed by atoms with Crippen LogP contribution in [0.5, 0.6) is 5.75 Å². The highest BCUT2D eigenvalue weighted by atomic mass is 19.1. The Kier molecular flexibility index (Phi) is 4.66. The van der Waals surface area contributed by atoms with Gasteiger partial charge in [-0.15, -0.1) is 10.2 Å². The quantitative estimate of drug-likeness (QED) is 0.682. The first-order valence-corrected chi connectivity index (χ1v) is 10.2. The first kappa shape index (κ1) is 19.0. The van der Waals surface area contributed by atoms with Gasteiger partial charge >= 0.3 is 0 Å². The van der Waals surface area contributed by atoms with Crippen LogP contribution in [0.4, 0.5) is 10.2 Å². The fourth-order valence-electron chi connectivity index (χ4n) is 4.54. The van der Waals surface area contributed by atoms with Gasteiger partial charge in [-0.3, -0.25) is 0 Å². The summed E-state index contributed by atoms with van der Waals surface area (Å²) in [6, 6.07) is 8.91. The fourth-order valence-corrected chi connectivity index (χ4v) is 4.54. The molecule has 7 nitrogen and oxygen atoms in total. The number of nitrogens with one attached hydrogen (secondary N) is 1. The van der Waals surface area contributed by atoms with E-state index in [1.54, 1.807) is 24.4 Å². The van der Waals surface area contributed by atoms with Crippen molar-refractivity contribution in [1.82, 2.24) is 20.5 Å². The van der Waals surface area contributed by atoms with Crippen LogP contribution in [-0.2, 0) is 0 Å². The number of rotatable bonds is 4. The van der Waals surface area contributed by atoms with Crippen molar-refractivity contribution in [3.8, 4) is 28.5 Å². The summed E-state index contributed by atoms with van der Waals surface area (Å²) in [6.45, 7) is 1.82. The minimum absolute atomic E-state index is 0.0636. The van der Waals surface area contributed by atoms with E-state index in [2.05, 4.69) is 20.5 Å². The van der Waals surface area contributed by atoms with E-state index in [0.717, 1.165) is 19.3 Å². The zero-order valence-electron chi connectivity index (χ0n) is 16.9. The standard InChI is InChI=1S/C22H24FN5O2/c1-12-11-24-22(30-12)13-3-5-15(19(29)9-13)16-7-8-20(27-26-16)28(2)18-10-14-4-6-17(25-14)21(18)23/h3,5,7-9,11,14,17-18,21,25,29H,4,6,10H2,1-2H3/t14?,17?,18-,21+/m1/s1. The molecule has 2 aliphatic heterocycles. The summed E-state index contributed by atoms with van der Waals surface area (Å²) < 4.78 is 20.4. The van der Waals surface area contributed by atoms with Gasteiger partial charge in [-0.25, -0.2) is 9.37 Å². The number of aryl methyl sites for hydroxylation is 1. The number of nitrogens with zero attached hydrogens (tertiary/aromatic N) is 4. The Morgan fingerprint density at radius 2 is 2.07 bits per heavy atom. The van der Waals surface area contributed by atoms with Crippen LogP contribution in [0.1, 0.15) is 25.0 Å². The topological polar surface area (TPSA) is 87.3 Å². The molecule has 30 heavy (non-hydrogen) atoms. The lowest BCUT2D eigenvalue weighted by molar-refractivity contribution is 0.176. The second-order valence-electron chi connectivity index (χ2n) is 8.19. The monoisotopic (exact) mass is 409 g/mol. The summed E-state index contributed by atoms with van der Waals surface area (Å²) in [6.07, 6.45) is 3.40. The van der Waals surface area contributed by atoms with Gasteiger partial charge in [-0.2, -0.15) is 0 Å². The molecular formula is C22H24FN5O2. The first-order valence-electron chi connectivity index (χ1n) is 10.2. The van der Waals surface area contributed by atoms with Crippen molar-refractivity contribution in [1.29, 1.82) is 0 Å². The SMILES string of the molecule is Cc1cnc(-c2ccc(-c3ccc(N(C)[C@@H]4CC5CCC(N5)[C@@H]4F)nn3)c(O)c2)o1. The molecule has 1 aromatic carbocycles. The van der Waals surface area contributed by atoms with Crippen LogP contribution in [0.25, 0.3) is 22.7 Å². The van der Waals surface area contributed by atoms with E-state index < -0.39 is 6.17 Å². The Balaban J connectivity index is 1.36. The molecule has 2 N–H and O–H groups in total. The summed E-state index contributed by atoms with van der Waals surface area (Å²) >= 11 is 0. The Hall–Kier alpha value is -3.00. The highest BCUT2D eigenvalue weighted by Crippen LogP contribution is 2.35. The molecule has 2 saturated heterocycles. The Morgan fingerprint density at radius 3 is 2.77 bits per heavy atom. The summed E-state index contributed by atoms with van der Waals surface area (Å²) in [5.41, 5.74) is 1.79. The van der Waals surface area contributed by atoms with Gasteiger partial charge in [0.25, 0.3) is 0 Å². The van der Waals surface area contributed by atoms with E-state index in [1.165, 1.54) is 0 Å². The highest BCUT2D eigenvalue weighted by Gasteiger charge is 2.43. The molecule has 0 radical (unpaired) electrons. The maximum absolute atomic E-state index is 14.9. The number of hydrogen-bond acceptors (Lipinski definition) is 7. The van der Waals surface area contributed by atoms with Gasteiger partial charge < -0.3 is 19.7 Å². The van der Waals surface area contributed by atoms with E-state index in [1.807, 2.05) is 31.0 Å². The second-order valence-corrected chi connectivity index (χ2v) is 8.19. The molecule has 0 saturated carbocycles. The van der Waals surface area contributed by atoms with Gasteiger partial charge in [0.05, 0.1) is 17.9 Å². The third-order valence-electron chi connectivity index (χ3n) is 6.21. The molecule has 2 aromatic heterocycles. The normalized spacial score (nSPS) is 25.4. The van der Waals surface area contributed by atoms with E-state index in [9.17, 15) is 9.50 Å². The van der Waals surface area contributed by atoms with E-state index in [-0.39, 0.29) is 17.8 Å². The van der Waals surface area contributed by atoms with Crippen LogP contribution in [0.3, 0.4) is 0 Å². The largest absolute Gasteiger partial charge is 0.507 e. The summed E-state index contributed by atoms with van der Waals surface area (Å²) in [5, 5.41) is 22.4. The number of alkyl halides is 1.